The molecule has 3 saturated heterocycles. The summed E-state index contributed by atoms with van der Waals surface area (Å²) in [5.41, 5.74) is 0.698. The van der Waals surface area contributed by atoms with Crippen LogP contribution < -0.4 is 10.6 Å². The Kier molecular flexibility index (Phi) is 5.78. The average Bonchev–Trinajstić information content (AvgIpc) is 3.29. The van der Waals surface area contributed by atoms with Crippen LogP contribution in [-0.2, 0) is 9.53 Å². The van der Waals surface area contributed by atoms with Crippen LogP contribution in [0.25, 0.3) is 0 Å². The number of ether oxygens (including phenoxy) is 1. The standard InChI is InChI=1S/C17H23N5O2.HI/c1-18-17(20-8-16(23)21-11-3-2-6-19-7-11)22-9-12-13(10-22)15-5-4-14(12)24-15;/h2-3,6-7,12-15H,4-5,8-10H2,1H3,(H,18,20)(H,21,23);1H. The van der Waals surface area contributed by atoms with Crippen molar-refractivity contribution in [1.29, 1.82) is 0 Å². The van der Waals surface area contributed by atoms with E-state index in [2.05, 4.69) is 25.5 Å². The molecule has 136 valence electrons. The van der Waals surface area contributed by atoms with E-state index in [0.29, 0.717) is 29.7 Å². The van der Waals surface area contributed by atoms with E-state index >= 15 is 0 Å². The number of carbonyl (C=O) groups is 1. The molecule has 1 amide bonds. The van der Waals surface area contributed by atoms with Crippen LogP contribution in [0.2, 0.25) is 0 Å². The van der Waals surface area contributed by atoms with Crippen molar-refractivity contribution in [2.24, 2.45) is 16.8 Å². The van der Waals surface area contributed by atoms with Gasteiger partial charge in [0.05, 0.1) is 30.6 Å². The number of rotatable bonds is 3. The molecular weight excluding hydrogens is 433 g/mol. The van der Waals surface area contributed by atoms with E-state index in [1.165, 1.54) is 12.8 Å². The number of nitrogens with zero attached hydrogens (tertiary/aromatic N) is 3. The van der Waals surface area contributed by atoms with Gasteiger partial charge in [0.2, 0.25) is 5.91 Å². The monoisotopic (exact) mass is 457 g/mol. The highest BCUT2D eigenvalue weighted by atomic mass is 127. The minimum absolute atomic E-state index is 0. The molecule has 0 aromatic carbocycles. The molecule has 4 rings (SSSR count). The molecular formula is C17H24IN5O2. The van der Waals surface area contributed by atoms with Gasteiger partial charge < -0.3 is 20.3 Å². The number of hydrogen-bond donors (Lipinski definition) is 2. The fraction of sp³-hybridized carbons (Fsp3) is 0.588. The Balaban J connectivity index is 0.00000182. The summed E-state index contributed by atoms with van der Waals surface area (Å²) in [7, 11) is 1.76. The number of guanidine groups is 1. The van der Waals surface area contributed by atoms with Gasteiger partial charge in [-0.3, -0.25) is 14.8 Å². The molecule has 3 aliphatic heterocycles. The Morgan fingerprint density at radius 1 is 1.36 bits per heavy atom. The number of nitrogens with one attached hydrogen (secondary N) is 2. The van der Waals surface area contributed by atoms with Crippen LogP contribution >= 0.6 is 24.0 Å². The van der Waals surface area contributed by atoms with Crippen LogP contribution in [0.1, 0.15) is 12.8 Å². The lowest BCUT2D eigenvalue weighted by molar-refractivity contribution is -0.115. The van der Waals surface area contributed by atoms with Gasteiger partial charge in [-0.2, -0.15) is 0 Å². The molecule has 0 aliphatic carbocycles. The van der Waals surface area contributed by atoms with Gasteiger partial charge in [0, 0.05) is 38.2 Å². The van der Waals surface area contributed by atoms with Gasteiger partial charge in [0.25, 0.3) is 0 Å². The molecule has 2 bridgehead atoms. The van der Waals surface area contributed by atoms with Crippen molar-refractivity contribution >= 4 is 41.5 Å². The number of pyridine rings is 1. The highest BCUT2D eigenvalue weighted by Crippen LogP contribution is 2.47. The van der Waals surface area contributed by atoms with Gasteiger partial charge >= 0.3 is 0 Å². The molecule has 3 fully saturated rings. The first-order valence-electron chi connectivity index (χ1n) is 8.55. The topological polar surface area (TPSA) is 78.8 Å². The summed E-state index contributed by atoms with van der Waals surface area (Å²) in [5.74, 6) is 1.93. The van der Waals surface area contributed by atoms with Crippen LogP contribution in [0.15, 0.2) is 29.5 Å². The van der Waals surface area contributed by atoms with Crippen LogP contribution in [-0.4, -0.2) is 60.6 Å². The third-order valence-electron chi connectivity index (χ3n) is 5.32. The predicted molar refractivity (Wildman–Crippen MR) is 106 cm³/mol. The van der Waals surface area contributed by atoms with Crippen LogP contribution in [0.5, 0.6) is 0 Å². The molecule has 1 aromatic rings. The maximum atomic E-state index is 12.1. The van der Waals surface area contributed by atoms with E-state index in [9.17, 15) is 4.79 Å². The van der Waals surface area contributed by atoms with Crippen LogP contribution in [0, 0.1) is 11.8 Å². The summed E-state index contributed by atoms with van der Waals surface area (Å²) >= 11 is 0. The van der Waals surface area contributed by atoms with Crippen molar-refractivity contribution in [3.63, 3.8) is 0 Å². The first-order chi connectivity index (χ1) is 11.7. The average molecular weight is 457 g/mol. The van der Waals surface area contributed by atoms with Crippen molar-refractivity contribution in [1.82, 2.24) is 15.2 Å². The molecule has 25 heavy (non-hydrogen) atoms. The SMILES string of the molecule is CN=C(NCC(=O)Nc1cccnc1)N1CC2C3CCC(O3)C2C1.I. The van der Waals surface area contributed by atoms with Crippen molar-refractivity contribution in [2.45, 2.75) is 25.0 Å². The summed E-state index contributed by atoms with van der Waals surface area (Å²) in [6.45, 7) is 2.13. The second-order valence-electron chi connectivity index (χ2n) is 6.71. The van der Waals surface area contributed by atoms with Gasteiger partial charge in [0.1, 0.15) is 0 Å². The summed E-state index contributed by atoms with van der Waals surface area (Å²) in [5, 5.41) is 5.99. The van der Waals surface area contributed by atoms with Gasteiger partial charge in [-0.15, -0.1) is 24.0 Å². The second-order valence-corrected chi connectivity index (χ2v) is 6.71. The number of aromatic nitrogens is 1. The second kappa shape index (κ2) is 7.86. The Labute approximate surface area is 164 Å². The van der Waals surface area contributed by atoms with E-state index in [4.69, 9.17) is 4.74 Å². The Hall–Kier alpha value is -1.42. The minimum Gasteiger partial charge on any atom is -0.374 e. The molecule has 8 heteroatoms. The van der Waals surface area contributed by atoms with Gasteiger partial charge in [-0.05, 0) is 25.0 Å². The molecule has 4 atom stereocenters. The number of halogens is 1. The molecule has 7 nitrogen and oxygen atoms in total. The molecule has 0 spiro atoms. The van der Waals surface area contributed by atoms with E-state index in [1.807, 2.05) is 6.07 Å². The molecule has 4 heterocycles. The number of fused-ring (bicyclic) bond motifs is 5. The number of carbonyl (C=O) groups excluding carboxylic acids is 1. The number of amides is 1. The lowest BCUT2D eigenvalue weighted by Gasteiger charge is -2.23. The highest BCUT2D eigenvalue weighted by molar-refractivity contribution is 14.0. The van der Waals surface area contributed by atoms with Gasteiger partial charge in [-0.25, -0.2) is 0 Å². The first kappa shape index (κ1) is 18.4. The van der Waals surface area contributed by atoms with Crippen LogP contribution in [0.3, 0.4) is 0 Å². The smallest absolute Gasteiger partial charge is 0.243 e. The Bertz CT molecular complexity index is 623. The third-order valence-corrected chi connectivity index (χ3v) is 5.32. The lowest BCUT2D eigenvalue weighted by Crippen LogP contribution is -2.44. The maximum absolute atomic E-state index is 12.1. The first-order valence-corrected chi connectivity index (χ1v) is 8.55. The van der Waals surface area contributed by atoms with Gasteiger partial charge in [0.15, 0.2) is 5.96 Å². The van der Waals surface area contributed by atoms with E-state index in [-0.39, 0.29) is 36.4 Å². The highest BCUT2D eigenvalue weighted by Gasteiger charge is 2.53. The van der Waals surface area contributed by atoms with Crippen molar-refractivity contribution < 1.29 is 9.53 Å². The zero-order valence-corrected chi connectivity index (χ0v) is 16.6. The number of likely N-dealkylation sites (tertiary alicyclic amines) is 1. The van der Waals surface area contributed by atoms with Crippen LogP contribution in [0.4, 0.5) is 5.69 Å². The van der Waals surface area contributed by atoms with Crippen molar-refractivity contribution in [2.75, 3.05) is 32.0 Å². The van der Waals surface area contributed by atoms with Crippen molar-refractivity contribution in [3.05, 3.63) is 24.5 Å². The Morgan fingerprint density at radius 3 is 2.68 bits per heavy atom. The zero-order chi connectivity index (χ0) is 16.5. The largest absolute Gasteiger partial charge is 0.374 e. The molecule has 2 N–H and O–H groups in total. The summed E-state index contributed by atoms with van der Waals surface area (Å²) in [4.78, 5) is 22.7. The van der Waals surface area contributed by atoms with Gasteiger partial charge in [-0.1, -0.05) is 0 Å². The molecule has 0 radical (unpaired) electrons. The molecule has 4 unspecified atom stereocenters. The predicted octanol–water partition coefficient (Wildman–Crippen LogP) is 1.32. The molecule has 0 saturated carbocycles. The van der Waals surface area contributed by atoms with E-state index in [1.54, 1.807) is 25.5 Å². The third kappa shape index (κ3) is 3.74. The normalized spacial score (nSPS) is 30.0. The number of hydrogen-bond acceptors (Lipinski definition) is 4. The number of anilines is 1. The molecule has 3 aliphatic rings. The maximum Gasteiger partial charge on any atom is 0.243 e. The minimum atomic E-state index is -0.105. The van der Waals surface area contributed by atoms with E-state index < -0.39 is 0 Å². The Morgan fingerprint density at radius 2 is 2.08 bits per heavy atom. The summed E-state index contributed by atoms with van der Waals surface area (Å²) in [6.07, 6.45) is 6.55. The zero-order valence-electron chi connectivity index (χ0n) is 14.2. The van der Waals surface area contributed by atoms with E-state index in [0.717, 1.165) is 19.0 Å². The summed E-state index contributed by atoms with van der Waals surface area (Å²) in [6, 6.07) is 3.61. The fourth-order valence-electron chi connectivity index (χ4n) is 4.27. The lowest BCUT2D eigenvalue weighted by atomic mass is 9.82. The fourth-order valence-corrected chi connectivity index (χ4v) is 4.27. The summed E-state index contributed by atoms with van der Waals surface area (Å²) < 4.78 is 6.01. The van der Waals surface area contributed by atoms with Crippen molar-refractivity contribution in [3.8, 4) is 0 Å². The quantitative estimate of drug-likeness (QED) is 0.407. The molecule has 1 aromatic heterocycles. The number of aliphatic imine (C=N–C) groups is 1.